The van der Waals surface area contributed by atoms with Gasteiger partial charge in [0.2, 0.25) is 0 Å². The highest BCUT2D eigenvalue weighted by Crippen LogP contribution is 2.41. The third kappa shape index (κ3) is 0.839. The first kappa shape index (κ1) is 6.98. The first-order valence-electron chi connectivity index (χ1n) is 3.93. The summed E-state index contributed by atoms with van der Waals surface area (Å²) in [6.07, 6.45) is 3.68. The van der Waals surface area contributed by atoms with Crippen LogP contribution in [-0.4, -0.2) is 24.8 Å². The van der Waals surface area contributed by atoms with E-state index >= 15 is 0 Å². The van der Waals surface area contributed by atoms with Crippen molar-refractivity contribution in [2.45, 2.75) is 25.0 Å². The van der Waals surface area contributed by atoms with Gasteiger partial charge in [0.25, 0.3) is 0 Å². The largest absolute Gasteiger partial charge is 0.373 e. The van der Waals surface area contributed by atoms with E-state index in [2.05, 4.69) is 0 Å². The molecule has 2 heterocycles. The minimum absolute atomic E-state index is 0.0349. The predicted octanol–water partition coefficient (Wildman–Crippen LogP) is 0.178. The SMILES string of the molecule is O=CC1C(C=O)[C@H]2CC[C@@H]1O2. The van der Waals surface area contributed by atoms with Crippen molar-refractivity contribution >= 4 is 12.6 Å². The van der Waals surface area contributed by atoms with Gasteiger partial charge in [0.05, 0.1) is 24.0 Å². The highest BCUT2D eigenvalue weighted by Gasteiger charge is 2.48. The predicted molar refractivity (Wildman–Crippen MR) is 37.0 cm³/mol. The maximum atomic E-state index is 10.5. The van der Waals surface area contributed by atoms with E-state index in [0.29, 0.717) is 0 Å². The second-order valence-corrected chi connectivity index (χ2v) is 3.22. The summed E-state index contributed by atoms with van der Waals surface area (Å²) in [6, 6.07) is 0. The van der Waals surface area contributed by atoms with Crippen LogP contribution >= 0.6 is 0 Å². The van der Waals surface area contributed by atoms with Crippen LogP contribution in [0.5, 0.6) is 0 Å². The van der Waals surface area contributed by atoms with E-state index in [4.69, 9.17) is 4.74 Å². The van der Waals surface area contributed by atoms with Crippen molar-refractivity contribution in [3.05, 3.63) is 0 Å². The number of rotatable bonds is 2. The molecule has 0 aliphatic carbocycles. The number of fused-ring (bicyclic) bond motifs is 2. The molecular formula is C8H10O3. The Balaban J connectivity index is 2.19. The molecule has 2 saturated heterocycles. The van der Waals surface area contributed by atoms with E-state index in [-0.39, 0.29) is 24.0 Å². The third-order valence-corrected chi connectivity index (χ3v) is 2.70. The van der Waals surface area contributed by atoms with Crippen LogP contribution in [0.3, 0.4) is 0 Å². The Labute approximate surface area is 64.7 Å². The van der Waals surface area contributed by atoms with Gasteiger partial charge in [0.15, 0.2) is 0 Å². The molecule has 3 nitrogen and oxygen atoms in total. The molecule has 11 heavy (non-hydrogen) atoms. The number of aldehydes is 2. The van der Waals surface area contributed by atoms with Gasteiger partial charge in [-0.1, -0.05) is 0 Å². The standard InChI is InChI=1S/C8H10O3/c9-3-5-6(4-10)8-2-1-7(5)11-8/h3-8H,1-2H2/t5?,6?,7-,8+. The lowest BCUT2D eigenvalue weighted by atomic mass is 9.81. The van der Waals surface area contributed by atoms with E-state index in [9.17, 15) is 9.59 Å². The lowest BCUT2D eigenvalue weighted by Gasteiger charge is -2.17. The van der Waals surface area contributed by atoms with Crippen molar-refractivity contribution in [2.75, 3.05) is 0 Å². The maximum Gasteiger partial charge on any atom is 0.126 e. The van der Waals surface area contributed by atoms with Crippen LogP contribution in [-0.2, 0) is 14.3 Å². The summed E-state index contributed by atoms with van der Waals surface area (Å²) < 4.78 is 5.42. The minimum atomic E-state index is -0.161. The second kappa shape index (κ2) is 2.41. The lowest BCUT2D eigenvalue weighted by Crippen LogP contribution is -2.29. The van der Waals surface area contributed by atoms with Gasteiger partial charge in [-0.3, -0.25) is 0 Å². The van der Waals surface area contributed by atoms with Gasteiger partial charge in [-0.25, -0.2) is 0 Å². The number of carbonyl (C=O) groups is 2. The van der Waals surface area contributed by atoms with Crippen LogP contribution in [0, 0.1) is 11.8 Å². The van der Waals surface area contributed by atoms with Crippen molar-refractivity contribution in [2.24, 2.45) is 11.8 Å². The van der Waals surface area contributed by atoms with Gasteiger partial charge in [0, 0.05) is 0 Å². The number of hydrogen-bond acceptors (Lipinski definition) is 3. The average Bonchev–Trinajstić information content (AvgIpc) is 2.60. The van der Waals surface area contributed by atoms with E-state index in [1.807, 2.05) is 0 Å². The molecule has 60 valence electrons. The van der Waals surface area contributed by atoms with E-state index in [0.717, 1.165) is 25.4 Å². The summed E-state index contributed by atoms with van der Waals surface area (Å²) in [5, 5.41) is 0. The first-order chi connectivity index (χ1) is 5.36. The molecule has 0 saturated carbocycles. The van der Waals surface area contributed by atoms with Crippen molar-refractivity contribution in [3.63, 3.8) is 0 Å². The molecule has 0 radical (unpaired) electrons. The normalized spacial score (nSPS) is 47.6. The second-order valence-electron chi connectivity index (χ2n) is 3.22. The molecule has 0 aromatic rings. The highest BCUT2D eigenvalue weighted by molar-refractivity contribution is 5.67. The van der Waals surface area contributed by atoms with Gasteiger partial charge in [-0.05, 0) is 12.8 Å². The molecule has 3 heteroatoms. The van der Waals surface area contributed by atoms with E-state index < -0.39 is 0 Å². The summed E-state index contributed by atoms with van der Waals surface area (Å²) in [6.45, 7) is 0. The van der Waals surface area contributed by atoms with Gasteiger partial charge in [-0.2, -0.15) is 0 Å². The number of carbonyl (C=O) groups excluding carboxylic acids is 2. The Bertz CT molecular complexity index is 170. The molecule has 0 N–H and O–H groups in total. The monoisotopic (exact) mass is 154 g/mol. The van der Waals surface area contributed by atoms with Crippen LogP contribution in [0.25, 0.3) is 0 Å². The Kier molecular flexibility index (Phi) is 1.53. The van der Waals surface area contributed by atoms with Crippen molar-refractivity contribution in [1.29, 1.82) is 0 Å². The van der Waals surface area contributed by atoms with Gasteiger partial charge < -0.3 is 14.3 Å². The van der Waals surface area contributed by atoms with Gasteiger partial charge in [0.1, 0.15) is 12.6 Å². The summed E-state index contributed by atoms with van der Waals surface area (Å²) in [7, 11) is 0. The molecule has 2 fully saturated rings. The summed E-state index contributed by atoms with van der Waals surface area (Å²) in [5.74, 6) is -0.322. The van der Waals surface area contributed by atoms with Crippen LogP contribution < -0.4 is 0 Å². The summed E-state index contributed by atoms with van der Waals surface area (Å²) in [4.78, 5) is 21.1. The molecule has 2 bridgehead atoms. The Morgan fingerprint density at radius 1 is 1.00 bits per heavy atom. The fraction of sp³-hybridized carbons (Fsp3) is 0.750. The third-order valence-electron chi connectivity index (χ3n) is 2.70. The van der Waals surface area contributed by atoms with Gasteiger partial charge in [-0.15, -0.1) is 0 Å². The molecule has 4 atom stereocenters. The Hall–Kier alpha value is -0.700. The van der Waals surface area contributed by atoms with Crippen molar-refractivity contribution in [1.82, 2.24) is 0 Å². The Morgan fingerprint density at radius 3 is 1.82 bits per heavy atom. The zero-order chi connectivity index (χ0) is 7.84. The topological polar surface area (TPSA) is 43.4 Å². The average molecular weight is 154 g/mol. The van der Waals surface area contributed by atoms with Crippen molar-refractivity contribution < 1.29 is 14.3 Å². The molecule has 0 aromatic carbocycles. The zero-order valence-electron chi connectivity index (χ0n) is 6.10. The highest BCUT2D eigenvalue weighted by atomic mass is 16.5. The molecule has 2 rings (SSSR count). The zero-order valence-corrected chi connectivity index (χ0v) is 6.10. The summed E-state index contributed by atoms with van der Waals surface area (Å²) >= 11 is 0. The first-order valence-corrected chi connectivity index (χ1v) is 3.93. The lowest BCUT2D eigenvalue weighted by molar-refractivity contribution is -0.119. The molecule has 2 aliphatic heterocycles. The summed E-state index contributed by atoms with van der Waals surface area (Å²) in [5.41, 5.74) is 0. The smallest absolute Gasteiger partial charge is 0.126 e. The molecule has 2 unspecified atom stereocenters. The Morgan fingerprint density at radius 2 is 1.45 bits per heavy atom. The number of hydrogen-bond donors (Lipinski definition) is 0. The molecule has 0 aromatic heterocycles. The van der Waals surface area contributed by atoms with Crippen LogP contribution in [0.15, 0.2) is 0 Å². The molecular weight excluding hydrogens is 144 g/mol. The van der Waals surface area contributed by atoms with E-state index in [1.165, 1.54) is 0 Å². The van der Waals surface area contributed by atoms with Crippen LogP contribution in [0.2, 0.25) is 0 Å². The van der Waals surface area contributed by atoms with Crippen molar-refractivity contribution in [3.8, 4) is 0 Å². The van der Waals surface area contributed by atoms with Gasteiger partial charge >= 0.3 is 0 Å². The quantitative estimate of drug-likeness (QED) is 0.533. The maximum absolute atomic E-state index is 10.5. The molecule has 0 spiro atoms. The minimum Gasteiger partial charge on any atom is -0.373 e. The molecule has 0 amide bonds. The van der Waals surface area contributed by atoms with E-state index in [1.54, 1.807) is 0 Å². The van der Waals surface area contributed by atoms with Crippen LogP contribution in [0.4, 0.5) is 0 Å². The fourth-order valence-electron chi connectivity index (χ4n) is 2.11. The number of ether oxygens (including phenoxy) is 1. The fourth-order valence-corrected chi connectivity index (χ4v) is 2.11. The van der Waals surface area contributed by atoms with Crippen LogP contribution in [0.1, 0.15) is 12.8 Å². The molecule has 2 aliphatic rings.